The Labute approximate surface area is 129 Å². The van der Waals surface area contributed by atoms with Crippen LogP contribution in [0.1, 0.15) is 15.9 Å². The van der Waals surface area contributed by atoms with E-state index in [0.29, 0.717) is 15.7 Å². The molecule has 0 heterocycles. The lowest BCUT2D eigenvalue weighted by molar-refractivity contribution is -0.384. The highest BCUT2D eigenvalue weighted by molar-refractivity contribution is 14.1. The number of carbonyl (C=O) groups excluding carboxylic acids is 1. The van der Waals surface area contributed by atoms with E-state index in [2.05, 4.69) is 5.32 Å². The minimum Gasteiger partial charge on any atom is -0.348 e. The molecule has 2 rings (SSSR count). The molecule has 0 aliphatic rings. The Kier molecular flexibility index (Phi) is 4.67. The van der Waals surface area contributed by atoms with Crippen LogP contribution in [0.4, 0.5) is 5.69 Å². The number of carbonyl (C=O) groups is 1. The van der Waals surface area contributed by atoms with Gasteiger partial charge in [0.05, 0.1) is 10.5 Å². The van der Waals surface area contributed by atoms with Crippen LogP contribution in [0.5, 0.6) is 0 Å². The van der Waals surface area contributed by atoms with E-state index in [1.807, 2.05) is 52.9 Å². The normalized spacial score (nSPS) is 10.1. The SMILES string of the molecule is O=C(NCc1ccccc1)c1ccc([N+](=O)[O-])cc1I. The number of nitrogens with zero attached hydrogens (tertiary/aromatic N) is 1. The highest BCUT2D eigenvalue weighted by atomic mass is 127. The van der Waals surface area contributed by atoms with Crippen molar-refractivity contribution in [1.82, 2.24) is 5.32 Å². The Balaban J connectivity index is 2.08. The average molecular weight is 382 g/mol. The summed E-state index contributed by atoms with van der Waals surface area (Å²) in [5.41, 5.74) is 1.42. The van der Waals surface area contributed by atoms with Crippen molar-refractivity contribution >= 4 is 34.2 Å². The van der Waals surface area contributed by atoms with Crippen LogP contribution >= 0.6 is 22.6 Å². The van der Waals surface area contributed by atoms with Gasteiger partial charge in [-0.2, -0.15) is 0 Å². The van der Waals surface area contributed by atoms with E-state index >= 15 is 0 Å². The summed E-state index contributed by atoms with van der Waals surface area (Å²) in [6, 6.07) is 13.7. The molecule has 0 saturated carbocycles. The van der Waals surface area contributed by atoms with Gasteiger partial charge in [-0.05, 0) is 34.2 Å². The summed E-state index contributed by atoms with van der Waals surface area (Å²) in [5.74, 6) is -0.242. The van der Waals surface area contributed by atoms with Gasteiger partial charge >= 0.3 is 0 Å². The molecule has 0 aliphatic carbocycles. The zero-order valence-electron chi connectivity index (χ0n) is 10.4. The first-order valence-electron chi connectivity index (χ1n) is 5.84. The van der Waals surface area contributed by atoms with Crippen molar-refractivity contribution in [3.8, 4) is 0 Å². The molecule has 0 aromatic heterocycles. The van der Waals surface area contributed by atoms with Crippen LogP contribution in [0.25, 0.3) is 0 Å². The second kappa shape index (κ2) is 6.47. The standard InChI is InChI=1S/C14H11IN2O3/c15-13-8-11(17(19)20)6-7-12(13)14(18)16-9-10-4-2-1-3-5-10/h1-8H,9H2,(H,16,18). The van der Waals surface area contributed by atoms with Crippen LogP contribution in [0.3, 0.4) is 0 Å². The van der Waals surface area contributed by atoms with Crippen LogP contribution in [-0.2, 0) is 6.54 Å². The maximum atomic E-state index is 12.0. The predicted molar refractivity (Wildman–Crippen MR) is 83.4 cm³/mol. The lowest BCUT2D eigenvalue weighted by atomic mass is 10.2. The van der Waals surface area contributed by atoms with Crippen molar-refractivity contribution in [2.75, 3.05) is 0 Å². The van der Waals surface area contributed by atoms with Crippen molar-refractivity contribution in [3.05, 3.63) is 73.3 Å². The molecule has 0 saturated heterocycles. The van der Waals surface area contributed by atoms with E-state index in [-0.39, 0.29) is 11.6 Å². The van der Waals surface area contributed by atoms with Crippen molar-refractivity contribution in [1.29, 1.82) is 0 Å². The summed E-state index contributed by atoms with van der Waals surface area (Å²) < 4.78 is 0.558. The van der Waals surface area contributed by atoms with Gasteiger partial charge in [-0.3, -0.25) is 14.9 Å². The number of hydrogen-bond acceptors (Lipinski definition) is 3. The van der Waals surface area contributed by atoms with Gasteiger partial charge in [0.1, 0.15) is 0 Å². The third-order valence-electron chi connectivity index (χ3n) is 2.70. The highest BCUT2D eigenvalue weighted by Crippen LogP contribution is 2.19. The number of halogens is 1. The Bertz CT molecular complexity index is 644. The van der Waals surface area contributed by atoms with Crippen LogP contribution in [0.2, 0.25) is 0 Å². The summed E-state index contributed by atoms with van der Waals surface area (Å²) in [6.07, 6.45) is 0. The lowest BCUT2D eigenvalue weighted by Crippen LogP contribution is -2.23. The summed E-state index contributed by atoms with van der Waals surface area (Å²) in [7, 11) is 0. The Morgan fingerprint density at radius 2 is 1.90 bits per heavy atom. The van der Waals surface area contributed by atoms with Crippen LogP contribution in [0.15, 0.2) is 48.5 Å². The molecule has 20 heavy (non-hydrogen) atoms. The zero-order chi connectivity index (χ0) is 14.5. The van der Waals surface area contributed by atoms with E-state index in [9.17, 15) is 14.9 Å². The monoisotopic (exact) mass is 382 g/mol. The average Bonchev–Trinajstić information content (AvgIpc) is 2.45. The maximum absolute atomic E-state index is 12.0. The maximum Gasteiger partial charge on any atom is 0.270 e. The molecule has 0 aliphatic heterocycles. The fraction of sp³-hybridized carbons (Fsp3) is 0.0714. The van der Waals surface area contributed by atoms with Gasteiger partial charge < -0.3 is 5.32 Å². The minimum atomic E-state index is -0.478. The van der Waals surface area contributed by atoms with Crippen LogP contribution in [0, 0.1) is 13.7 Å². The fourth-order valence-electron chi connectivity index (χ4n) is 1.68. The molecular weight excluding hydrogens is 371 g/mol. The number of benzene rings is 2. The summed E-state index contributed by atoms with van der Waals surface area (Å²) in [5, 5.41) is 13.4. The molecule has 1 amide bonds. The van der Waals surface area contributed by atoms with Gasteiger partial charge in [0.25, 0.3) is 11.6 Å². The van der Waals surface area contributed by atoms with E-state index in [1.54, 1.807) is 0 Å². The van der Waals surface area contributed by atoms with Gasteiger partial charge in [0, 0.05) is 22.2 Å². The molecule has 102 valence electrons. The number of nitro groups is 1. The van der Waals surface area contributed by atoms with Gasteiger partial charge in [-0.15, -0.1) is 0 Å². The topological polar surface area (TPSA) is 72.2 Å². The van der Waals surface area contributed by atoms with Crippen molar-refractivity contribution in [3.63, 3.8) is 0 Å². The van der Waals surface area contributed by atoms with Crippen molar-refractivity contribution in [2.45, 2.75) is 6.54 Å². The van der Waals surface area contributed by atoms with Gasteiger partial charge in [0.15, 0.2) is 0 Å². The largest absolute Gasteiger partial charge is 0.348 e. The van der Waals surface area contributed by atoms with Crippen LogP contribution < -0.4 is 5.32 Å². The zero-order valence-corrected chi connectivity index (χ0v) is 12.5. The molecule has 2 aromatic rings. The number of amides is 1. The van der Waals surface area contributed by atoms with Gasteiger partial charge in [-0.25, -0.2) is 0 Å². The Morgan fingerprint density at radius 1 is 1.20 bits per heavy atom. The Morgan fingerprint density at radius 3 is 2.50 bits per heavy atom. The molecular formula is C14H11IN2O3. The molecule has 0 unspecified atom stereocenters. The molecule has 0 bridgehead atoms. The second-order valence-corrected chi connectivity index (χ2v) is 5.25. The molecule has 0 spiro atoms. The first kappa shape index (κ1) is 14.4. The van der Waals surface area contributed by atoms with E-state index in [0.717, 1.165) is 5.56 Å². The molecule has 6 heteroatoms. The highest BCUT2D eigenvalue weighted by Gasteiger charge is 2.14. The molecule has 1 N–H and O–H groups in total. The summed E-state index contributed by atoms with van der Waals surface area (Å²) >= 11 is 1.92. The number of rotatable bonds is 4. The summed E-state index contributed by atoms with van der Waals surface area (Å²) in [6.45, 7) is 0.423. The smallest absolute Gasteiger partial charge is 0.270 e. The first-order chi connectivity index (χ1) is 9.58. The fourth-order valence-corrected chi connectivity index (χ4v) is 2.42. The second-order valence-electron chi connectivity index (χ2n) is 4.09. The quantitative estimate of drug-likeness (QED) is 0.502. The molecule has 2 aromatic carbocycles. The molecule has 0 fully saturated rings. The number of nitro benzene ring substituents is 1. The molecule has 5 nitrogen and oxygen atoms in total. The van der Waals surface area contributed by atoms with Gasteiger partial charge in [0.2, 0.25) is 0 Å². The van der Waals surface area contributed by atoms with E-state index < -0.39 is 4.92 Å². The van der Waals surface area contributed by atoms with Crippen molar-refractivity contribution < 1.29 is 9.72 Å². The molecule has 0 radical (unpaired) electrons. The third kappa shape index (κ3) is 3.53. The lowest BCUT2D eigenvalue weighted by Gasteiger charge is -2.07. The first-order valence-corrected chi connectivity index (χ1v) is 6.92. The third-order valence-corrected chi connectivity index (χ3v) is 3.60. The van der Waals surface area contributed by atoms with E-state index in [4.69, 9.17) is 0 Å². The van der Waals surface area contributed by atoms with Crippen LogP contribution in [-0.4, -0.2) is 10.8 Å². The summed E-state index contributed by atoms with van der Waals surface area (Å²) in [4.78, 5) is 22.2. The Hall–Kier alpha value is -1.96. The van der Waals surface area contributed by atoms with Crippen molar-refractivity contribution in [2.24, 2.45) is 0 Å². The minimum absolute atomic E-state index is 0.0194. The van der Waals surface area contributed by atoms with Gasteiger partial charge in [-0.1, -0.05) is 30.3 Å². The number of hydrogen-bond donors (Lipinski definition) is 1. The van der Waals surface area contributed by atoms with E-state index in [1.165, 1.54) is 18.2 Å². The number of non-ortho nitro benzene ring substituents is 1. The molecule has 0 atom stereocenters. The predicted octanol–water partition coefficient (Wildman–Crippen LogP) is 3.13. The number of nitrogens with one attached hydrogen (secondary N) is 1.